The van der Waals surface area contributed by atoms with Crippen LogP contribution in [0.25, 0.3) is 0 Å². The molecular weight excluding hydrogens is 464 g/mol. The minimum Gasteiger partial charge on any atom is -0.355 e. The van der Waals surface area contributed by atoms with Gasteiger partial charge in [-0.05, 0) is 56.7 Å². The Kier molecular flexibility index (Phi) is 7.48. The topological polar surface area (TPSA) is 80.6 Å². The average Bonchev–Trinajstić information content (AvgIpc) is 3.53. The van der Waals surface area contributed by atoms with Crippen molar-refractivity contribution in [1.29, 1.82) is 0 Å². The van der Waals surface area contributed by atoms with Crippen LogP contribution in [0.15, 0.2) is 53.0 Å². The minimum atomic E-state index is -0.383. The molecule has 0 saturated heterocycles. The fourth-order valence-electron chi connectivity index (χ4n) is 4.16. The van der Waals surface area contributed by atoms with Crippen molar-refractivity contribution in [2.45, 2.75) is 57.5 Å². The van der Waals surface area contributed by atoms with Crippen molar-refractivity contribution in [3.05, 3.63) is 86.6 Å². The van der Waals surface area contributed by atoms with Gasteiger partial charge in [-0.2, -0.15) is 0 Å². The Labute approximate surface area is 207 Å². The number of aryl methyl sites for hydroxylation is 2. The molecule has 6 nitrogen and oxygen atoms in total. The second-order valence-electron chi connectivity index (χ2n) is 8.35. The van der Waals surface area contributed by atoms with Crippen LogP contribution in [0.4, 0.5) is 0 Å². The summed E-state index contributed by atoms with van der Waals surface area (Å²) in [6, 6.07) is 14.5. The van der Waals surface area contributed by atoms with Gasteiger partial charge in [-0.15, -0.1) is 21.5 Å². The molecule has 0 aliphatic heterocycles. The van der Waals surface area contributed by atoms with Crippen LogP contribution in [0.5, 0.6) is 0 Å². The van der Waals surface area contributed by atoms with E-state index in [1.54, 1.807) is 11.3 Å². The summed E-state index contributed by atoms with van der Waals surface area (Å²) in [6.45, 7) is 7.79. The molecule has 34 heavy (non-hydrogen) atoms. The molecule has 8 heteroatoms. The highest BCUT2D eigenvalue weighted by molar-refractivity contribution is 8.00. The normalized spacial score (nSPS) is 12.1. The Balaban J connectivity index is 1.57. The predicted molar refractivity (Wildman–Crippen MR) is 137 cm³/mol. The molecule has 0 bridgehead atoms. The fraction of sp³-hybridized carbons (Fsp3) is 0.308. The van der Waals surface area contributed by atoms with Crippen LogP contribution >= 0.6 is 23.1 Å². The van der Waals surface area contributed by atoms with Crippen molar-refractivity contribution in [1.82, 2.24) is 19.7 Å². The number of Topliss-reactive ketones (excluding diaryl/α,β-unsaturated/α-hetero) is 2. The van der Waals surface area contributed by atoms with Crippen LogP contribution in [-0.2, 0) is 19.4 Å². The number of nitrogens with zero attached hydrogens (tertiary/aromatic N) is 3. The quantitative estimate of drug-likeness (QED) is 0.227. The number of nitrogens with one attached hydrogen (secondary N) is 1. The maximum absolute atomic E-state index is 13.3. The number of H-pyrrole nitrogens is 1. The lowest BCUT2D eigenvalue weighted by Gasteiger charge is -2.13. The Morgan fingerprint density at radius 3 is 2.53 bits per heavy atom. The molecule has 1 unspecified atom stereocenters. The Morgan fingerprint density at radius 2 is 1.88 bits per heavy atom. The largest absolute Gasteiger partial charge is 0.355 e. The van der Waals surface area contributed by atoms with Gasteiger partial charge in [0.05, 0.1) is 10.9 Å². The first kappa shape index (κ1) is 24.2. The van der Waals surface area contributed by atoms with E-state index in [1.807, 2.05) is 45.0 Å². The molecule has 0 spiro atoms. The number of benzene rings is 1. The molecule has 0 radical (unpaired) electrons. The second kappa shape index (κ2) is 10.5. The maximum atomic E-state index is 13.3. The van der Waals surface area contributed by atoms with Crippen molar-refractivity contribution < 1.29 is 9.59 Å². The van der Waals surface area contributed by atoms with Crippen molar-refractivity contribution >= 4 is 34.7 Å². The zero-order valence-corrected chi connectivity index (χ0v) is 21.4. The zero-order valence-electron chi connectivity index (χ0n) is 19.8. The smallest absolute Gasteiger partial charge is 0.192 e. The van der Waals surface area contributed by atoms with Gasteiger partial charge < -0.3 is 9.55 Å². The summed E-state index contributed by atoms with van der Waals surface area (Å²) < 4.78 is 2.13. The predicted octanol–water partition coefficient (Wildman–Crippen LogP) is 5.68. The van der Waals surface area contributed by atoms with Gasteiger partial charge in [0.1, 0.15) is 5.82 Å². The molecule has 0 fully saturated rings. The summed E-state index contributed by atoms with van der Waals surface area (Å²) in [4.78, 5) is 29.6. The molecule has 1 atom stereocenters. The number of thiophene rings is 1. The summed E-state index contributed by atoms with van der Waals surface area (Å²) in [5.74, 6) is 0.811. The molecular formula is C26H28N4O2S2. The maximum Gasteiger partial charge on any atom is 0.192 e. The van der Waals surface area contributed by atoms with Crippen LogP contribution < -0.4 is 0 Å². The Morgan fingerprint density at radius 1 is 1.12 bits per heavy atom. The van der Waals surface area contributed by atoms with E-state index in [1.165, 1.54) is 29.1 Å². The van der Waals surface area contributed by atoms with Crippen LogP contribution in [0.3, 0.4) is 0 Å². The number of carbonyl (C=O) groups is 2. The van der Waals surface area contributed by atoms with Gasteiger partial charge in [-0.1, -0.05) is 48.2 Å². The molecule has 4 aromatic rings. The summed E-state index contributed by atoms with van der Waals surface area (Å²) in [6.07, 6.45) is 1.56. The van der Waals surface area contributed by atoms with Gasteiger partial charge in [0.25, 0.3) is 0 Å². The van der Waals surface area contributed by atoms with Crippen molar-refractivity contribution in [2.24, 2.45) is 0 Å². The molecule has 3 heterocycles. The number of carbonyl (C=O) groups excluding carboxylic acids is 2. The first-order valence-corrected chi connectivity index (χ1v) is 13.0. The molecule has 0 saturated carbocycles. The first-order valence-electron chi connectivity index (χ1n) is 11.2. The SMILES string of the molecule is CC(=O)c1c(C)[nH]c(C(=O)C(C)Sc2nnc(Cc3cccs3)n2CCc2ccccc2)c1C. The van der Waals surface area contributed by atoms with E-state index >= 15 is 0 Å². The monoisotopic (exact) mass is 492 g/mol. The third-order valence-electron chi connectivity index (χ3n) is 5.86. The van der Waals surface area contributed by atoms with Crippen LogP contribution in [0.2, 0.25) is 0 Å². The molecule has 1 aromatic carbocycles. The van der Waals surface area contributed by atoms with Crippen LogP contribution in [0, 0.1) is 13.8 Å². The third kappa shape index (κ3) is 5.23. The average molecular weight is 493 g/mol. The summed E-state index contributed by atoms with van der Waals surface area (Å²) in [5.41, 5.74) is 3.79. The van der Waals surface area contributed by atoms with Crippen LogP contribution in [0.1, 0.15) is 62.2 Å². The van der Waals surface area contributed by atoms with E-state index in [9.17, 15) is 9.59 Å². The van der Waals surface area contributed by atoms with E-state index in [0.29, 0.717) is 23.2 Å². The highest BCUT2D eigenvalue weighted by atomic mass is 32.2. The lowest BCUT2D eigenvalue weighted by molar-refractivity contribution is 0.0988. The first-order chi connectivity index (χ1) is 16.3. The summed E-state index contributed by atoms with van der Waals surface area (Å²) in [7, 11) is 0. The number of hydrogen-bond donors (Lipinski definition) is 1. The molecule has 3 aromatic heterocycles. The van der Waals surface area contributed by atoms with Gasteiger partial charge in [0.15, 0.2) is 16.7 Å². The standard InChI is InChI=1S/C26H28N4O2S2/c1-16-23(18(3)31)17(2)27-24(16)25(32)19(4)34-26-29-28-22(15-21-11-8-14-33-21)30(26)13-12-20-9-6-5-7-10-20/h5-11,14,19,27H,12-13,15H2,1-4H3. The lowest BCUT2D eigenvalue weighted by atomic mass is 10.0. The lowest BCUT2D eigenvalue weighted by Crippen LogP contribution is -2.17. The van der Waals surface area contributed by atoms with E-state index in [4.69, 9.17) is 0 Å². The molecule has 1 N–H and O–H groups in total. The van der Waals surface area contributed by atoms with Gasteiger partial charge in [0, 0.05) is 29.1 Å². The molecule has 0 amide bonds. The number of ketones is 2. The van der Waals surface area contributed by atoms with Crippen molar-refractivity contribution in [3.8, 4) is 0 Å². The van der Waals surface area contributed by atoms with Gasteiger partial charge >= 0.3 is 0 Å². The third-order valence-corrected chi connectivity index (χ3v) is 7.82. The number of hydrogen-bond acceptors (Lipinski definition) is 6. The fourth-order valence-corrected chi connectivity index (χ4v) is 5.81. The number of rotatable bonds is 10. The minimum absolute atomic E-state index is 0.0375. The molecule has 4 rings (SSSR count). The number of aromatic amines is 1. The van der Waals surface area contributed by atoms with E-state index in [2.05, 4.69) is 43.3 Å². The van der Waals surface area contributed by atoms with E-state index < -0.39 is 0 Å². The van der Waals surface area contributed by atoms with Crippen molar-refractivity contribution in [3.63, 3.8) is 0 Å². The Hall–Kier alpha value is -2.97. The van der Waals surface area contributed by atoms with Gasteiger partial charge in [-0.3, -0.25) is 9.59 Å². The summed E-state index contributed by atoms with van der Waals surface area (Å²) in [5, 5.41) is 11.4. The number of aromatic nitrogens is 4. The van der Waals surface area contributed by atoms with E-state index in [0.717, 1.165) is 29.6 Å². The Bertz CT molecular complexity index is 1290. The van der Waals surface area contributed by atoms with Crippen molar-refractivity contribution in [2.75, 3.05) is 0 Å². The molecule has 0 aliphatic carbocycles. The highest BCUT2D eigenvalue weighted by Crippen LogP contribution is 2.28. The molecule has 0 aliphatic rings. The van der Waals surface area contributed by atoms with Crippen LogP contribution in [-0.4, -0.2) is 36.6 Å². The van der Waals surface area contributed by atoms with E-state index in [-0.39, 0.29) is 16.8 Å². The molecule has 176 valence electrons. The second-order valence-corrected chi connectivity index (χ2v) is 10.7. The summed E-state index contributed by atoms with van der Waals surface area (Å²) >= 11 is 3.11. The highest BCUT2D eigenvalue weighted by Gasteiger charge is 2.26. The van der Waals surface area contributed by atoms with Gasteiger partial charge in [-0.25, -0.2) is 0 Å². The number of thioether (sulfide) groups is 1. The zero-order chi connectivity index (χ0) is 24.2. The van der Waals surface area contributed by atoms with Gasteiger partial charge in [0.2, 0.25) is 0 Å².